The molecule has 35 heavy (non-hydrogen) atoms. The van der Waals surface area contributed by atoms with Gasteiger partial charge in [-0.1, -0.05) is 30.3 Å². The van der Waals surface area contributed by atoms with Gasteiger partial charge in [0.2, 0.25) is 5.78 Å². The van der Waals surface area contributed by atoms with E-state index in [0.717, 1.165) is 0 Å². The molecule has 0 saturated heterocycles. The second kappa shape index (κ2) is 7.64. The van der Waals surface area contributed by atoms with Crippen LogP contribution in [0.1, 0.15) is 39.1 Å². The lowest BCUT2D eigenvalue weighted by molar-refractivity contribution is -0.144. The lowest BCUT2D eigenvalue weighted by Gasteiger charge is -2.45. The topological polar surface area (TPSA) is 175 Å². The van der Waals surface area contributed by atoms with Crippen molar-refractivity contribution in [3.63, 3.8) is 0 Å². The van der Waals surface area contributed by atoms with E-state index in [0.29, 0.717) is 28.5 Å². The molecule has 6 N–H and O–H groups in total. The average molecular weight is 475 g/mol. The van der Waals surface area contributed by atoms with E-state index >= 15 is 0 Å². The van der Waals surface area contributed by atoms with Crippen LogP contribution < -0.4 is 5.73 Å². The van der Waals surface area contributed by atoms with Crippen LogP contribution in [-0.4, -0.2) is 49.8 Å². The number of phenols is 1. The lowest BCUT2D eigenvalue weighted by Crippen LogP contribution is -2.57. The van der Waals surface area contributed by atoms with E-state index in [4.69, 9.17) is 5.73 Å². The van der Waals surface area contributed by atoms with Crippen LogP contribution in [0.3, 0.4) is 0 Å². The summed E-state index contributed by atoms with van der Waals surface area (Å²) in [5, 5.41) is 43.1. The van der Waals surface area contributed by atoms with Crippen LogP contribution in [0.5, 0.6) is 5.75 Å². The number of hydrogen-bond donors (Lipinski definition) is 5. The highest BCUT2D eigenvalue weighted by Gasteiger charge is 2.59. The second-order valence-corrected chi connectivity index (χ2v) is 9.14. The number of carbonyl (C=O) groups excluding carboxylic acids is 4. The highest BCUT2D eigenvalue weighted by molar-refractivity contribution is 6.24. The van der Waals surface area contributed by atoms with Crippen LogP contribution >= 0.6 is 0 Å². The third-order valence-electron chi connectivity index (χ3n) is 7.30. The van der Waals surface area contributed by atoms with Crippen LogP contribution in [0.4, 0.5) is 0 Å². The molecule has 9 heteroatoms. The fraction of sp³-hybridized carbons (Fsp3) is 0.231. The maximum atomic E-state index is 13.6. The Hall–Kier alpha value is -4.24. The number of primary amides is 1. The number of aliphatic hydroxyl groups is 3. The minimum absolute atomic E-state index is 0.0569. The smallest absolute Gasteiger partial charge is 0.255 e. The van der Waals surface area contributed by atoms with Gasteiger partial charge in [-0.2, -0.15) is 0 Å². The van der Waals surface area contributed by atoms with Gasteiger partial charge in [-0.15, -0.1) is 0 Å². The minimum Gasteiger partial charge on any atom is -0.511 e. The van der Waals surface area contributed by atoms with Crippen molar-refractivity contribution >= 4 is 23.8 Å². The summed E-state index contributed by atoms with van der Waals surface area (Å²) in [5.74, 6) is -6.63. The SMILES string of the molecule is NC(=O)C1=C(O)CC2CC3Cc4c(-c5ccc(C=O)cc5)ccc(O)c4C(=O)C3=C(O)[C@]2(O)C1=O. The fourth-order valence-electron chi connectivity index (χ4n) is 5.63. The number of allylic oxidation sites excluding steroid dienone is 2. The Balaban J connectivity index is 1.67. The third-order valence-corrected chi connectivity index (χ3v) is 7.30. The molecule has 0 heterocycles. The van der Waals surface area contributed by atoms with E-state index in [1.54, 1.807) is 30.3 Å². The summed E-state index contributed by atoms with van der Waals surface area (Å²) in [6.07, 6.45) is 0.687. The summed E-state index contributed by atoms with van der Waals surface area (Å²) >= 11 is 0. The number of aromatic hydroxyl groups is 1. The molecule has 3 aliphatic carbocycles. The maximum absolute atomic E-state index is 13.6. The molecule has 2 aromatic carbocycles. The van der Waals surface area contributed by atoms with Crippen molar-refractivity contribution < 1.29 is 39.6 Å². The van der Waals surface area contributed by atoms with Crippen LogP contribution in [0.15, 0.2) is 59.1 Å². The molecule has 178 valence electrons. The maximum Gasteiger partial charge on any atom is 0.255 e. The molecule has 3 aliphatic rings. The first-order chi connectivity index (χ1) is 16.6. The number of hydrogen-bond acceptors (Lipinski definition) is 8. The monoisotopic (exact) mass is 475 g/mol. The molecule has 2 aromatic rings. The normalized spacial score (nSPS) is 25.6. The average Bonchev–Trinajstić information content (AvgIpc) is 2.81. The molecule has 0 fully saturated rings. The molecule has 0 saturated carbocycles. The van der Waals surface area contributed by atoms with Gasteiger partial charge in [-0.05, 0) is 41.5 Å². The number of rotatable bonds is 3. The van der Waals surface area contributed by atoms with Crippen molar-refractivity contribution in [2.24, 2.45) is 17.6 Å². The van der Waals surface area contributed by atoms with Crippen LogP contribution in [0, 0.1) is 11.8 Å². The Morgan fingerprint density at radius 1 is 1.03 bits per heavy atom. The molecule has 5 rings (SSSR count). The summed E-state index contributed by atoms with van der Waals surface area (Å²) in [6, 6.07) is 9.69. The summed E-state index contributed by atoms with van der Waals surface area (Å²) in [4.78, 5) is 49.3. The van der Waals surface area contributed by atoms with Gasteiger partial charge in [-0.25, -0.2) is 0 Å². The summed E-state index contributed by atoms with van der Waals surface area (Å²) < 4.78 is 0. The minimum atomic E-state index is -2.59. The standard InChI is InChI=1S/C26H21NO8/c27-25(34)21-18(30)9-14-7-13-8-16-15(12-3-1-11(10-28)2-4-12)5-6-17(29)20(16)22(31)19(13)23(32)26(14,35)24(21)33/h1-6,10,13-14,29-30,32,35H,7-9H2,(H2,27,34)/t13?,14?,26-/m0/s1. The molecule has 3 atom stereocenters. The molecule has 0 spiro atoms. The molecule has 0 bridgehead atoms. The number of phenolic OH excluding ortho intramolecular Hbond substituents is 1. The number of benzene rings is 2. The van der Waals surface area contributed by atoms with Crippen molar-refractivity contribution in [3.8, 4) is 16.9 Å². The van der Waals surface area contributed by atoms with Crippen molar-refractivity contribution in [3.05, 3.63) is 75.8 Å². The van der Waals surface area contributed by atoms with Gasteiger partial charge in [0.1, 0.15) is 29.1 Å². The van der Waals surface area contributed by atoms with Gasteiger partial charge in [0, 0.05) is 23.5 Å². The van der Waals surface area contributed by atoms with E-state index in [2.05, 4.69) is 0 Å². The first-order valence-electron chi connectivity index (χ1n) is 11.0. The van der Waals surface area contributed by atoms with E-state index in [1.807, 2.05) is 0 Å². The Bertz CT molecular complexity index is 1400. The van der Waals surface area contributed by atoms with Gasteiger partial charge >= 0.3 is 0 Å². The summed E-state index contributed by atoms with van der Waals surface area (Å²) in [6.45, 7) is 0. The Kier molecular flexibility index (Phi) is 4.92. The molecular weight excluding hydrogens is 454 g/mol. The van der Waals surface area contributed by atoms with Crippen LogP contribution in [-0.2, 0) is 16.0 Å². The van der Waals surface area contributed by atoms with Crippen molar-refractivity contribution in [2.75, 3.05) is 0 Å². The zero-order valence-corrected chi connectivity index (χ0v) is 18.3. The molecular formula is C26H21NO8. The number of aldehydes is 1. The van der Waals surface area contributed by atoms with Crippen LogP contribution in [0.2, 0.25) is 0 Å². The fourth-order valence-corrected chi connectivity index (χ4v) is 5.63. The summed E-state index contributed by atoms with van der Waals surface area (Å²) in [7, 11) is 0. The predicted octanol–water partition coefficient (Wildman–Crippen LogP) is 2.06. The van der Waals surface area contributed by atoms with E-state index in [9.17, 15) is 39.6 Å². The van der Waals surface area contributed by atoms with E-state index in [-0.39, 0.29) is 36.1 Å². The molecule has 0 aromatic heterocycles. The largest absolute Gasteiger partial charge is 0.511 e. The number of ketones is 2. The van der Waals surface area contributed by atoms with Crippen molar-refractivity contribution in [2.45, 2.75) is 24.9 Å². The van der Waals surface area contributed by atoms with Gasteiger partial charge in [0.15, 0.2) is 11.4 Å². The first kappa shape index (κ1) is 22.5. The van der Waals surface area contributed by atoms with Crippen molar-refractivity contribution in [1.82, 2.24) is 0 Å². The number of carbonyl (C=O) groups is 4. The molecule has 0 aliphatic heterocycles. The van der Waals surface area contributed by atoms with Crippen molar-refractivity contribution in [1.29, 1.82) is 0 Å². The number of fused-ring (bicyclic) bond motifs is 3. The first-order valence-corrected chi connectivity index (χ1v) is 11.0. The number of nitrogens with two attached hydrogens (primary N) is 1. The molecule has 0 radical (unpaired) electrons. The quantitative estimate of drug-likeness (QED) is 0.331. The number of Topliss-reactive ketones (excluding diaryl/α,β-unsaturated/α-hetero) is 2. The predicted molar refractivity (Wildman–Crippen MR) is 122 cm³/mol. The zero-order valence-electron chi connectivity index (χ0n) is 18.3. The van der Waals surface area contributed by atoms with Gasteiger partial charge in [0.05, 0.1) is 5.56 Å². The zero-order chi connectivity index (χ0) is 25.2. The Morgan fingerprint density at radius 3 is 2.34 bits per heavy atom. The van der Waals surface area contributed by atoms with E-state index < -0.39 is 52.0 Å². The molecule has 1 amide bonds. The molecule has 9 nitrogen and oxygen atoms in total. The highest BCUT2D eigenvalue weighted by Crippen LogP contribution is 2.52. The highest BCUT2D eigenvalue weighted by atomic mass is 16.3. The third kappa shape index (κ3) is 3.05. The Labute approximate surface area is 198 Å². The molecule has 2 unspecified atom stereocenters. The van der Waals surface area contributed by atoms with Gasteiger partial charge in [-0.3, -0.25) is 19.2 Å². The summed E-state index contributed by atoms with van der Waals surface area (Å²) in [5.41, 5.74) is 3.91. The van der Waals surface area contributed by atoms with Gasteiger partial charge in [0.25, 0.3) is 5.91 Å². The number of amides is 1. The van der Waals surface area contributed by atoms with E-state index in [1.165, 1.54) is 6.07 Å². The number of aliphatic hydroxyl groups excluding tert-OH is 2. The second-order valence-electron chi connectivity index (χ2n) is 9.14. The van der Waals surface area contributed by atoms with Crippen LogP contribution in [0.25, 0.3) is 11.1 Å². The lowest BCUT2D eigenvalue weighted by atomic mass is 9.60. The Morgan fingerprint density at radius 2 is 1.71 bits per heavy atom. The van der Waals surface area contributed by atoms with Gasteiger partial charge < -0.3 is 26.2 Å².